The third-order valence-corrected chi connectivity index (χ3v) is 5.52. The Morgan fingerprint density at radius 3 is 2.34 bits per heavy atom. The van der Waals surface area contributed by atoms with Crippen molar-refractivity contribution in [1.82, 2.24) is 15.1 Å². The van der Waals surface area contributed by atoms with Crippen molar-refractivity contribution in [3.63, 3.8) is 0 Å². The molecule has 2 aromatic rings. The minimum atomic E-state index is -4.45. The first kappa shape index (κ1) is 21.9. The van der Waals surface area contributed by atoms with Gasteiger partial charge in [-0.2, -0.15) is 13.2 Å². The lowest BCUT2D eigenvalue weighted by Crippen LogP contribution is -2.50. The molecule has 4 rings (SSSR count). The number of alkyl halides is 3. The molecule has 1 saturated heterocycles. The number of hydrogen-bond donors (Lipinski definition) is 2. The van der Waals surface area contributed by atoms with Gasteiger partial charge in [-0.05, 0) is 35.9 Å². The van der Waals surface area contributed by atoms with Crippen LogP contribution in [0.5, 0.6) is 11.5 Å². The van der Waals surface area contributed by atoms with E-state index in [0.29, 0.717) is 43.3 Å². The predicted molar refractivity (Wildman–Crippen MR) is 112 cm³/mol. The Hall–Kier alpha value is -3.27. The van der Waals surface area contributed by atoms with E-state index < -0.39 is 11.7 Å². The summed E-state index contributed by atoms with van der Waals surface area (Å²) >= 11 is 0. The molecule has 2 heterocycles. The van der Waals surface area contributed by atoms with Crippen molar-refractivity contribution in [2.24, 2.45) is 0 Å². The van der Waals surface area contributed by atoms with Crippen LogP contribution in [-0.4, -0.2) is 54.3 Å². The van der Waals surface area contributed by atoms with Gasteiger partial charge in [-0.3, -0.25) is 14.5 Å². The van der Waals surface area contributed by atoms with E-state index in [4.69, 9.17) is 4.74 Å². The summed E-state index contributed by atoms with van der Waals surface area (Å²) in [5, 5.41) is 5.91. The van der Waals surface area contributed by atoms with Crippen molar-refractivity contribution in [2.45, 2.75) is 19.6 Å². The number of fused-ring (bicyclic) bond motifs is 2. The number of anilines is 2. The average molecular weight is 448 g/mol. The van der Waals surface area contributed by atoms with Crippen LogP contribution in [0.2, 0.25) is 0 Å². The summed E-state index contributed by atoms with van der Waals surface area (Å²) in [6.45, 7) is 4.54. The molecule has 2 amide bonds. The fourth-order valence-corrected chi connectivity index (χ4v) is 3.69. The molecule has 2 aromatic carbocycles. The minimum Gasteiger partial charge on any atom is -0.453 e. The summed E-state index contributed by atoms with van der Waals surface area (Å²) in [5.41, 5.74) is 1.07. The van der Waals surface area contributed by atoms with Gasteiger partial charge >= 0.3 is 6.18 Å². The molecule has 0 spiro atoms. The second-order valence-electron chi connectivity index (χ2n) is 7.83. The van der Waals surface area contributed by atoms with Crippen LogP contribution in [0.3, 0.4) is 0 Å². The number of carbonyl (C=O) groups excluding carboxylic acids is 2. The SMILES string of the molecule is CC(=O)N1CCN(CC(=O)NCc2ccc3c(c2)Oc2cc(C(F)(F)F)ccc2N3)CC1. The Balaban J connectivity index is 1.34. The van der Waals surface area contributed by atoms with E-state index in [1.807, 2.05) is 11.0 Å². The van der Waals surface area contributed by atoms with Crippen molar-refractivity contribution in [3.05, 3.63) is 47.5 Å². The third-order valence-electron chi connectivity index (χ3n) is 5.52. The molecule has 0 atom stereocenters. The standard InChI is InChI=1S/C22H23F3N4O3/c1-14(30)29-8-6-28(7-9-29)13-21(31)26-12-15-2-4-17-19(10-15)32-20-11-16(22(23,24)25)3-5-18(20)27-17/h2-5,10-11,27H,6-9,12-13H2,1H3,(H,26,31). The molecule has 0 saturated carbocycles. The average Bonchev–Trinajstić information content (AvgIpc) is 2.75. The predicted octanol–water partition coefficient (Wildman–Crippen LogP) is 3.34. The first-order chi connectivity index (χ1) is 15.2. The molecule has 0 aliphatic carbocycles. The lowest BCUT2D eigenvalue weighted by molar-refractivity contribution is -0.137. The summed E-state index contributed by atoms with van der Waals surface area (Å²) < 4.78 is 44.6. The molecule has 2 aliphatic heterocycles. The van der Waals surface area contributed by atoms with Crippen LogP contribution in [0.25, 0.3) is 0 Å². The van der Waals surface area contributed by atoms with Crippen molar-refractivity contribution in [1.29, 1.82) is 0 Å². The molecule has 2 N–H and O–H groups in total. The second-order valence-corrected chi connectivity index (χ2v) is 7.83. The van der Waals surface area contributed by atoms with E-state index in [-0.39, 0.29) is 30.7 Å². The zero-order valence-corrected chi connectivity index (χ0v) is 17.5. The zero-order chi connectivity index (χ0) is 22.9. The molecule has 7 nitrogen and oxygen atoms in total. The van der Waals surface area contributed by atoms with E-state index in [9.17, 15) is 22.8 Å². The van der Waals surface area contributed by atoms with Crippen LogP contribution in [-0.2, 0) is 22.3 Å². The smallest absolute Gasteiger partial charge is 0.416 e. The second kappa shape index (κ2) is 8.70. The van der Waals surface area contributed by atoms with Gasteiger partial charge in [-0.1, -0.05) is 6.07 Å². The highest BCUT2D eigenvalue weighted by Crippen LogP contribution is 2.44. The lowest BCUT2D eigenvalue weighted by Gasteiger charge is -2.33. The van der Waals surface area contributed by atoms with Gasteiger partial charge in [-0.25, -0.2) is 0 Å². The maximum absolute atomic E-state index is 13.0. The molecule has 2 aliphatic rings. The molecule has 32 heavy (non-hydrogen) atoms. The number of amides is 2. The Labute approximate surface area is 183 Å². The number of benzene rings is 2. The van der Waals surface area contributed by atoms with Gasteiger partial charge in [0.2, 0.25) is 11.8 Å². The topological polar surface area (TPSA) is 73.9 Å². The van der Waals surface area contributed by atoms with Gasteiger partial charge < -0.3 is 20.3 Å². The van der Waals surface area contributed by atoms with E-state index in [1.165, 1.54) is 13.0 Å². The van der Waals surface area contributed by atoms with Crippen LogP contribution in [0.1, 0.15) is 18.1 Å². The Morgan fingerprint density at radius 1 is 1.03 bits per heavy atom. The van der Waals surface area contributed by atoms with E-state index in [1.54, 1.807) is 17.0 Å². The first-order valence-corrected chi connectivity index (χ1v) is 10.2. The number of nitrogens with zero attached hydrogens (tertiary/aromatic N) is 2. The number of piperazine rings is 1. The van der Waals surface area contributed by atoms with Gasteiger partial charge in [0.15, 0.2) is 11.5 Å². The van der Waals surface area contributed by atoms with Gasteiger partial charge in [0.05, 0.1) is 23.5 Å². The number of halogens is 3. The quantitative estimate of drug-likeness (QED) is 0.641. The molecule has 1 fully saturated rings. The summed E-state index contributed by atoms with van der Waals surface area (Å²) in [7, 11) is 0. The highest BCUT2D eigenvalue weighted by molar-refractivity contribution is 5.79. The van der Waals surface area contributed by atoms with Crippen LogP contribution in [0.15, 0.2) is 36.4 Å². The summed E-state index contributed by atoms with van der Waals surface area (Å²) in [4.78, 5) is 27.4. The van der Waals surface area contributed by atoms with Gasteiger partial charge in [0, 0.05) is 39.6 Å². The highest BCUT2D eigenvalue weighted by atomic mass is 19.4. The van der Waals surface area contributed by atoms with Gasteiger partial charge in [-0.15, -0.1) is 0 Å². The van der Waals surface area contributed by atoms with Crippen LogP contribution >= 0.6 is 0 Å². The Morgan fingerprint density at radius 2 is 1.69 bits per heavy atom. The normalized spacial score (nSPS) is 15.8. The minimum absolute atomic E-state index is 0.0375. The molecule has 0 radical (unpaired) electrons. The molecule has 0 unspecified atom stereocenters. The molecule has 0 bridgehead atoms. The number of nitrogens with one attached hydrogen (secondary N) is 2. The monoisotopic (exact) mass is 448 g/mol. The Bertz CT molecular complexity index is 1030. The highest BCUT2D eigenvalue weighted by Gasteiger charge is 2.32. The molecule has 0 aromatic heterocycles. The van der Waals surface area contributed by atoms with Gasteiger partial charge in [0.1, 0.15) is 0 Å². The summed E-state index contributed by atoms with van der Waals surface area (Å²) in [5.74, 6) is 0.385. The van der Waals surface area contributed by atoms with E-state index in [0.717, 1.165) is 17.7 Å². The fraction of sp³-hybridized carbons (Fsp3) is 0.364. The first-order valence-electron chi connectivity index (χ1n) is 10.2. The number of hydrogen-bond acceptors (Lipinski definition) is 5. The molecular weight excluding hydrogens is 425 g/mol. The summed E-state index contributed by atoms with van der Waals surface area (Å²) in [6, 6.07) is 8.58. The van der Waals surface area contributed by atoms with Gasteiger partial charge in [0.25, 0.3) is 0 Å². The molecule has 170 valence electrons. The Kier molecular flexibility index (Phi) is 5.96. The number of rotatable bonds is 4. The molecule has 10 heteroatoms. The zero-order valence-electron chi connectivity index (χ0n) is 17.5. The van der Waals surface area contributed by atoms with Crippen molar-refractivity contribution < 1.29 is 27.5 Å². The van der Waals surface area contributed by atoms with Crippen LogP contribution in [0.4, 0.5) is 24.5 Å². The maximum Gasteiger partial charge on any atom is 0.416 e. The number of ether oxygens (including phenoxy) is 1. The largest absolute Gasteiger partial charge is 0.453 e. The van der Waals surface area contributed by atoms with Crippen molar-refractivity contribution in [3.8, 4) is 11.5 Å². The van der Waals surface area contributed by atoms with Crippen LogP contribution < -0.4 is 15.4 Å². The maximum atomic E-state index is 13.0. The fourth-order valence-electron chi connectivity index (χ4n) is 3.69. The van der Waals surface area contributed by atoms with Crippen molar-refractivity contribution >= 4 is 23.2 Å². The van der Waals surface area contributed by atoms with E-state index >= 15 is 0 Å². The summed E-state index contributed by atoms with van der Waals surface area (Å²) in [6.07, 6.45) is -4.45. The molecular formula is C22H23F3N4O3. The van der Waals surface area contributed by atoms with Crippen molar-refractivity contribution in [2.75, 3.05) is 38.0 Å². The van der Waals surface area contributed by atoms with Crippen LogP contribution in [0, 0.1) is 0 Å². The lowest BCUT2D eigenvalue weighted by atomic mass is 10.1. The van der Waals surface area contributed by atoms with E-state index in [2.05, 4.69) is 10.6 Å². The third kappa shape index (κ3) is 4.96. The number of carbonyl (C=O) groups is 2.